The number of ether oxygens (including phenoxy) is 4. The molecule has 0 spiro atoms. The summed E-state index contributed by atoms with van der Waals surface area (Å²) in [5, 5.41) is 12.1. The molecule has 1 saturated heterocycles. The number of carbonyl (C=O) groups is 1. The van der Waals surface area contributed by atoms with Gasteiger partial charge in [0.05, 0.1) is 47.9 Å². The highest BCUT2D eigenvalue weighted by molar-refractivity contribution is 5.99. The third-order valence-corrected chi connectivity index (χ3v) is 7.48. The number of morpholine rings is 1. The molecule has 1 aromatic carbocycles. The number of anilines is 1. The van der Waals surface area contributed by atoms with E-state index in [1.807, 2.05) is 12.1 Å². The summed E-state index contributed by atoms with van der Waals surface area (Å²) in [7, 11) is 0. The Hall–Kier alpha value is -3.63. The average molecular weight is 477 g/mol. The van der Waals surface area contributed by atoms with Gasteiger partial charge in [-0.25, -0.2) is 9.78 Å². The Morgan fingerprint density at radius 2 is 1.83 bits per heavy atom. The number of hydrogen-bond acceptors (Lipinski definition) is 9. The Balaban J connectivity index is 1.51. The fourth-order valence-electron chi connectivity index (χ4n) is 5.60. The summed E-state index contributed by atoms with van der Waals surface area (Å²) >= 11 is 0. The summed E-state index contributed by atoms with van der Waals surface area (Å²) in [5.74, 6) is 0.561. The Morgan fingerprint density at radius 3 is 2.60 bits per heavy atom. The first-order chi connectivity index (χ1) is 17.0. The van der Waals surface area contributed by atoms with E-state index < -0.39 is 11.6 Å². The topological polar surface area (TPSA) is 112 Å². The van der Waals surface area contributed by atoms with E-state index in [0.29, 0.717) is 66.9 Å². The number of esters is 1. The molecule has 180 valence electrons. The lowest BCUT2D eigenvalue weighted by atomic mass is 9.86. The molecule has 1 N–H and O–H groups in total. The van der Waals surface area contributed by atoms with E-state index in [1.165, 1.54) is 0 Å². The second-order valence-corrected chi connectivity index (χ2v) is 9.21. The molecule has 3 aromatic rings. The SMILES string of the molecule is CC[C@@]1(O)C(=O)OCc2c1cc1n(c2=O)Cc2c-1nc1cc3c(cc1c2N1CCOCC1)OCO3. The van der Waals surface area contributed by atoms with Gasteiger partial charge in [-0.1, -0.05) is 6.92 Å². The molecule has 1 atom stereocenters. The number of pyridine rings is 2. The first-order valence-corrected chi connectivity index (χ1v) is 11.8. The molecular formula is C25H23N3O7. The molecule has 4 aliphatic heterocycles. The number of benzene rings is 1. The van der Waals surface area contributed by atoms with Crippen LogP contribution in [0.2, 0.25) is 0 Å². The molecule has 0 unspecified atom stereocenters. The maximum absolute atomic E-state index is 13.6. The Kier molecular flexibility index (Phi) is 4.26. The Labute approximate surface area is 199 Å². The standard InChI is InChI=1S/C25H23N3O7/c1-2-25(31)16-8-18-21-14(10-28(18)23(29)15(16)11-33-24(25)30)22(27-3-5-32-6-4-27)13-7-19-20(35-12-34-19)9-17(13)26-21/h7-9,31H,2-6,10-12H2,1H3/t25-/m0/s1. The zero-order valence-electron chi connectivity index (χ0n) is 19.1. The molecule has 10 nitrogen and oxygen atoms in total. The van der Waals surface area contributed by atoms with Crippen LogP contribution in [0.15, 0.2) is 23.0 Å². The molecule has 6 heterocycles. The van der Waals surface area contributed by atoms with Crippen molar-refractivity contribution in [3.8, 4) is 22.9 Å². The van der Waals surface area contributed by atoms with E-state index in [1.54, 1.807) is 17.6 Å². The van der Waals surface area contributed by atoms with E-state index in [4.69, 9.17) is 23.9 Å². The first kappa shape index (κ1) is 20.7. The van der Waals surface area contributed by atoms with Gasteiger partial charge in [0.25, 0.3) is 5.56 Å². The van der Waals surface area contributed by atoms with Gasteiger partial charge in [-0.2, -0.15) is 0 Å². The number of fused-ring (bicyclic) bond motifs is 6. The number of hydrogen-bond donors (Lipinski definition) is 1. The van der Waals surface area contributed by atoms with Crippen LogP contribution in [0.3, 0.4) is 0 Å². The van der Waals surface area contributed by atoms with Gasteiger partial charge in [-0.15, -0.1) is 0 Å². The zero-order chi connectivity index (χ0) is 23.9. The van der Waals surface area contributed by atoms with E-state index in [-0.39, 0.29) is 25.4 Å². The van der Waals surface area contributed by atoms with Crippen molar-refractivity contribution in [2.45, 2.75) is 32.1 Å². The van der Waals surface area contributed by atoms with Crippen LogP contribution in [0, 0.1) is 0 Å². The summed E-state index contributed by atoms with van der Waals surface area (Å²) in [6, 6.07) is 5.55. The third kappa shape index (κ3) is 2.74. The summed E-state index contributed by atoms with van der Waals surface area (Å²) in [4.78, 5) is 33.3. The number of aromatic nitrogens is 2. The van der Waals surface area contributed by atoms with Gasteiger partial charge in [-0.05, 0) is 18.6 Å². The van der Waals surface area contributed by atoms with Crippen molar-refractivity contribution in [2.24, 2.45) is 0 Å². The van der Waals surface area contributed by atoms with Gasteiger partial charge in [-0.3, -0.25) is 4.79 Å². The van der Waals surface area contributed by atoms with Crippen LogP contribution in [0.25, 0.3) is 22.3 Å². The van der Waals surface area contributed by atoms with E-state index >= 15 is 0 Å². The maximum atomic E-state index is 13.6. The molecule has 0 bridgehead atoms. The minimum Gasteiger partial charge on any atom is -0.458 e. The smallest absolute Gasteiger partial charge is 0.343 e. The highest BCUT2D eigenvalue weighted by Gasteiger charge is 2.45. The van der Waals surface area contributed by atoms with Gasteiger partial charge < -0.3 is 33.5 Å². The quantitative estimate of drug-likeness (QED) is 0.431. The molecule has 1 fully saturated rings. The van der Waals surface area contributed by atoms with Gasteiger partial charge in [0, 0.05) is 35.7 Å². The van der Waals surface area contributed by atoms with Crippen molar-refractivity contribution in [3.63, 3.8) is 0 Å². The molecule has 10 heteroatoms. The minimum atomic E-state index is -1.86. The van der Waals surface area contributed by atoms with Gasteiger partial charge >= 0.3 is 5.97 Å². The lowest BCUT2D eigenvalue weighted by Crippen LogP contribution is -2.44. The number of cyclic esters (lactones) is 1. The zero-order valence-corrected chi connectivity index (χ0v) is 19.1. The average Bonchev–Trinajstić information content (AvgIpc) is 3.48. The normalized spacial score (nSPS) is 22.1. The van der Waals surface area contributed by atoms with Gasteiger partial charge in [0.15, 0.2) is 17.1 Å². The molecule has 0 radical (unpaired) electrons. The Morgan fingerprint density at radius 1 is 1.06 bits per heavy atom. The maximum Gasteiger partial charge on any atom is 0.343 e. The largest absolute Gasteiger partial charge is 0.458 e. The van der Waals surface area contributed by atoms with Crippen LogP contribution >= 0.6 is 0 Å². The van der Waals surface area contributed by atoms with Crippen LogP contribution in [-0.4, -0.2) is 53.7 Å². The molecule has 2 aromatic heterocycles. The number of carbonyl (C=O) groups excluding carboxylic acids is 1. The molecule has 0 amide bonds. The van der Waals surface area contributed by atoms with Crippen molar-refractivity contribution in [3.05, 3.63) is 45.2 Å². The molecule has 35 heavy (non-hydrogen) atoms. The molecule has 7 rings (SSSR count). The van der Waals surface area contributed by atoms with Crippen molar-refractivity contribution >= 4 is 22.6 Å². The number of aliphatic hydroxyl groups is 1. The fourth-order valence-corrected chi connectivity index (χ4v) is 5.60. The number of rotatable bonds is 2. The summed E-state index contributed by atoms with van der Waals surface area (Å²) in [6.07, 6.45) is 0.0994. The highest BCUT2D eigenvalue weighted by atomic mass is 16.7. The second kappa shape index (κ2) is 7.19. The van der Waals surface area contributed by atoms with Crippen molar-refractivity contribution in [1.82, 2.24) is 9.55 Å². The monoisotopic (exact) mass is 477 g/mol. The first-order valence-electron chi connectivity index (χ1n) is 11.8. The lowest BCUT2D eigenvalue weighted by Gasteiger charge is -2.31. The van der Waals surface area contributed by atoms with E-state index in [9.17, 15) is 14.7 Å². The van der Waals surface area contributed by atoms with Gasteiger partial charge in [0.1, 0.15) is 6.61 Å². The number of nitrogens with zero attached hydrogens (tertiary/aromatic N) is 3. The van der Waals surface area contributed by atoms with Crippen molar-refractivity contribution < 1.29 is 28.8 Å². The van der Waals surface area contributed by atoms with Crippen molar-refractivity contribution in [1.29, 1.82) is 0 Å². The summed E-state index contributed by atoms with van der Waals surface area (Å²) in [6.45, 7) is 4.66. The lowest BCUT2D eigenvalue weighted by molar-refractivity contribution is -0.172. The third-order valence-electron chi connectivity index (χ3n) is 7.48. The predicted octanol–water partition coefficient (Wildman–Crippen LogP) is 1.64. The van der Waals surface area contributed by atoms with Crippen LogP contribution in [-0.2, 0) is 33.0 Å². The van der Waals surface area contributed by atoms with E-state index in [0.717, 1.165) is 22.2 Å². The molecular weight excluding hydrogens is 454 g/mol. The van der Waals surface area contributed by atoms with Crippen LogP contribution in [0.1, 0.15) is 30.0 Å². The Bertz CT molecular complexity index is 1490. The van der Waals surface area contributed by atoms with Crippen LogP contribution in [0.4, 0.5) is 5.69 Å². The highest BCUT2D eigenvalue weighted by Crippen LogP contribution is 2.46. The van der Waals surface area contributed by atoms with Crippen LogP contribution in [0.5, 0.6) is 11.5 Å². The summed E-state index contributed by atoms with van der Waals surface area (Å²) < 4.78 is 23.7. The second-order valence-electron chi connectivity index (χ2n) is 9.21. The summed E-state index contributed by atoms with van der Waals surface area (Å²) in [5.41, 5.74) is 2.36. The minimum absolute atomic E-state index is 0.0994. The fraction of sp³-hybridized carbons (Fsp3) is 0.400. The van der Waals surface area contributed by atoms with Crippen LogP contribution < -0.4 is 19.9 Å². The molecule has 0 aliphatic carbocycles. The van der Waals surface area contributed by atoms with E-state index in [2.05, 4.69) is 4.90 Å². The molecule has 0 saturated carbocycles. The molecule has 4 aliphatic rings. The van der Waals surface area contributed by atoms with Gasteiger partial charge in [0.2, 0.25) is 6.79 Å². The van der Waals surface area contributed by atoms with Crippen molar-refractivity contribution in [2.75, 3.05) is 38.0 Å². The predicted molar refractivity (Wildman–Crippen MR) is 124 cm³/mol.